The van der Waals surface area contributed by atoms with Crippen LogP contribution in [0.15, 0.2) is 35.3 Å². The number of piperidine rings is 1. The zero-order chi connectivity index (χ0) is 21.9. The van der Waals surface area contributed by atoms with Gasteiger partial charge in [-0.25, -0.2) is 0 Å². The molecule has 0 saturated carbocycles. The number of hydrogen-bond acceptors (Lipinski definition) is 4. The van der Waals surface area contributed by atoms with Crippen LogP contribution < -0.4 is 16.0 Å². The molecular weight excluding hydrogens is 515 g/mol. The summed E-state index contributed by atoms with van der Waals surface area (Å²) < 4.78 is 0. The fraction of sp³-hybridized carbons (Fsp3) is 0.667. The molecule has 0 radical (unpaired) electrons. The van der Waals surface area contributed by atoms with Gasteiger partial charge in [0.25, 0.3) is 0 Å². The van der Waals surface area contributed by atoms with Crippen molar-refractivity contribution in [2.45, 2.75) is 39.0 Å². The lowest BCUT2D eigenvalue weighted by Crippen LogP contribution is -2.47. The van der Waals surface area contributed by atoms with E-state index in [4.69, 9.17) is 10.7 Å². The number of nitrogens with one attached hydrogen (secondary N) is 1. The van der Waals surface area contributed by atoms with Gasteiger partial charge in [-0.3, -0.25) is 14.7 Å². The fourth-order valence-electron chi connectivity index (χ4n) is 4.64. The quantitative estimate of drug-likeness (QED) is 0.212. The van der Waals surface area contributed by atoms with Gasteiger partial charge in [-0.15, -0.1) is 24.0 Å². The number of primary amides is 1. The van der Waals surface area contributed by atoms with Crippen molar-refractivity contribution in [3.05, 3.63) is 30.3 Å². The maximum atomic E-state index is 11.3. The summed E-state index contributed by atoms with van der Waals surface area (Å²) in [7, 11) is 0. The zero-order valence-electron chi connectivity index (χ0n) is 19.5. The van der Waals surface area contributed by atoms with Crippen LogP contribution in [0, 0.1) is 5.92 Å². The summed E-state index contributed by atoms with van der Waals surface area (Å²) in [5, 5.41) is 3.43. The molecule has 3 rings (SSSR count). The molecule has 2 heterocycles. The average Bonchev–Trinajstić information content (AvgIpc) is 2.79. The van der Waals surface area contributed by atoms with Crippen LogP contribution in [0.3, 0.4) is 0 Å². The van der Waals surface area contributed by atoms with Crippen molar-refractivity contribution in [2.24, 2.45) is 16.6 Å². The minimum Gasteiger partial charge on any atom is -0.370 e. The molecule has 7 nitrogen and oxygen atoms in total. The van der Waals surface area contributed by atoms with Gasteiger partial charge in [0.2, 0.25) is 5.91 Å². The molecule has 1 aromatic carbocycles. The van der Waals surface area contributed by atoms with Gasteiger partial charge in [0, 0.05) is 64.5 Å². The molecule has 0 aromatic heterocycles. The van der Waals surface area contributed by atoms with Crippen molar-refractivity contribution >= 4 is 41.5 Å². The highest BCUT2D eigenvalue weighted by molar-refractivity contribution is 14.0. The van der Waals surface area contributed by atoms with Crippen molar-refractivity contribution in [3.8, 4) is 0 Å². The van der Waals surface area contributed by atoms with Crippen LogP contribution >= 0.6 is 24.0 Å². The molecule has 2 aliphatic rings. The van der Waals surface area contributed by atoms with E-state index < -0.39 is 0 Å². The smallest absolute Gasteiger partial charge is 0.217 e. The summed E-state index contributed by atoms with van der Waals surface area (Å²) in [6.45, 7) is 11.3. The molecular formula is C24H41IN6O. The number of carbonyl (C=O) groups is 1. The Balaban J connectivity index is 0.00000363. The number of nitrogens with two attached hydrogens (primary N) is 1. The molecule has 3 N–H and O–H groups in total. The molecule has 0 spiro atoms. The number of hydrogen-bond donors (Lipinski definition) is 2. The summed E-state index contributed by atoms with van der Waals surface area (Å²) in [5.74, 6) is 1.15. The number of benzene rings is 1. The molecule has 8 heteroatoms. The summed E-state index contributed by atoms with van der Waals surface area (Å²) >= 11 is 0. The lowest BCUT2D eigenvalue weighted by Gasteiger charge is -2.36. The molecule has 1 atom stereocenters. The van der Waals surface area contributed by atoms with Gasteiger partial charge in [-0.05, 0) is 57.2 Å². The molecule has 1 aromatic rings. The van der Waals surface area contributed by atoms with E-state index in [1.54, 1.807) is 0 Å². The number of rotatable bonds is 9. The van der Waals surface area contributed by atoms with Crippen molar-refractivity contribution < 1.29 is 4.79 Å². The molecule has 0 bridgehead atoms. The van der Waals surface area contributed by atoms with Gasteiger partial charge in [0.15, 0.2) is 5.96 Å². The fourth-order valence-corrected chi connectivity index (χ4v) is 4.64. The number of carbonyl (C=O) groups excluding carboxylic acids is 1. The van der Waals surface area contributed by atoms with Gasteiger partial charge in [-0.1, -0.05) is 18.2 Å². The van der Waals surface area contributed by atoms with E-state index in [9.17, 15) is 4.79 Å². The molecule has 0 aliphatic carbocycles. The SMILES string of the molecule is CCNC(=NCCCCN1CCN(c2ccccc2)CC1)N1CCCC(CC(N)=O)C1.I. The number of para-hydroxylation sites is 1. The van der Waals surface area contributed by atoms with Crippen molar-refractivity contribution in [1.82, 2.24) is 15.1 Å². The Morgan fingerprint density at radius 1 is 1.12 bits per heavy atom. The second-order valence-electron chi connectivity index (χ2n) is 8.73. The molecule has 32 heavy (non-hydrogen) atoms. The first-order chi connectivity index (χ1) is 15.2. The minimum atomic E-state index is -0.196. The predicted molar refractivity (Wildman–Crippen MR) is 144 cm³/mol. The third-order valence-corrected chi connectivity index (χ3v) is 6.28. The topological polar surface area (TPSA) is 77.2 Å². The summed E-state index contributed by atoms with van der Waals surface area (Å²) in [6.07, 6.45) is 4.94. The number of guanidine groups is 1. The monoisotopic (exact) mass is 556 g/mol. The van der Waals surface area contributed by atoms with Crippen LogP contribution in [-0.4, -0.2) is 80.6 Å². The van der Waals surface area contributed by atoms with E-state index >= 15 is 0 Å². The van der Waals surface area contributed by atoms with E-state index in [1.807, 2.05) is 0 Å². The largest absolute Gasteiger partial charge is 0.370 e. The van der Waals surface area contributed by atoms with Crippen LogP contribution in [0.1, 0.15) is 39.0 Å². The lowest BCUT2D eigenvalue weighted by molar-refractivity contribution is -0.119. The minimum absolute atomic E-state index is 0. The highest BCUT2D eigenvalue weighted by Gasteiger charge is 2.23. The standard InChI is InChI=1S/C24H40N6O.HI/c1-2-26-24(30-14-8-9-21(20-30)19-23(25)31)27-12-6-7-13-28-15-17-29(18-16-28)22-10-4-3-5-11-22;/h3-5,10-11,21H,2,6-9,12-20H2,1H3,(H2,25,31)(H,26,27);1H. The van der Waals surface area contributed by atoms with Gasteiger partial charge in [-0.2, -0.15) is 0 Å². The predicted octanol–water partition coefficient (Wildman–Crippen LogP) is 2.76. The number of likely N-dealkylation sites (tertiary alicyclic amines) is 1. The maximum absolute atomic E-state index is 11.3. The third-order valence-electron chi connectivity index (χ3n) is 6.28. The van der Waals surface area contributed by atoms with Crippen molar-refractivity contribution in [3.63, 3.8) is 0 Å². The Hall–Kier alpha value is -1.55. The Morgan fingerprint density at radius 3 is 2.56 bits per heavy atom. The molecule has 1 unspecified atom stereocenters. The van der Waals surface area contributed by atoms with Crippen LogP contribution in [0.5, 0.6) is 0 Å². The number of anilines is 1. The molecule has 1 amide bonds. The number of nitrogens with zero attached hydrogens (tertiary/aromatic N) is 4. The van der Waals surface area contributed by atoms with Gasteiger partial charge < -0.3 is 20.9 Å². The zero-order valence-corrected chi connectivity index (χ0v) is 21.9. The van der Waals surface area contributed by atoms with E-state index in [0.29, 0.717) is 12.3 Å². The second kappa shape index (κ2) is 14.6. The molecule has 2 saturated heterocycles. The summed E-state index contributed by atoms with van der Waals surface area (Å²) in [4.78, 5) is 23.5. The Morgan fingerprint density at radius 2 is 1.88 bits per heavy atom. The first kappa shape index (κ1) is 26.7. The number of unbranched alkanes of at least 4 members (excludes halogenated alkanes) is 1. The van der Waals surface area contributed by atoms with E-state index in [2.05, 4.69) is 57.3 Å². The molecule has 180 valence electrons. The van der Waals surface area contributed by atoms with Gasteiger partial charge in [0.1, 0.15) is 0 Å². The molecule has 2 aliphatic heterocycles. The third kappa shape index (κ3) is 8.77. The Labute approximate surface area is 210 Å². The molecule has 2 fully saturated rings. The number of piperazine rings is 1. The van der Waals surface area contributed by atoms with E-state index in [0.717, 1.165) is 84.1 Å². The normalized spacial score (nSPS) is 20.0. The second-order valence-corrected chi connectivity index (χ2v) is 8.73. The van der Waals surface area contributed by atoms with Crippen LogP contribution in [-0.2, 0) is 4.79 Å². The summed E-state index contributed by atoms with van der Waals surface area (Å²) in [6, 6.07) is 10.7. The van der Waals surface area contributed by atoms with Gasteiger partial charge in [0.05, 0.1) is 0 Å². The number of halogens is 1. The highest BCUT2D eigenvalue weighted by Crippen LogP contribution is 2.19. The first-order valence-electron chi connectivity index (χ1n) is 12.0. The lowest BCUT2D eigenvalue weighted by atomic mass is 9.95. The first-order valence-corrected chi connectivity index (χ1v) is 12.0. The average molecular weight is 557 g/mol. The number of aliphatic imine (C=N–C) groups is 1. The van der Waals surface area contributed by atoms with Crippen LogP contribution in [0.25, 0.3) is 0 Å². The van der Waals surface area contributed by atoms with E-state index in [-0.39, 0.29) is 29.9 Å². The number of amides is 1. The Bertz CT molecular complexity index is 693. The van der Waals surface area contributed by atoms with Crippen LogP contribution in [0.2, 0.25) is 0 Å². The van der Waals surface area contributed by atoms with Crippen molar-refractivity contribution in [2.75, 3.05) is 63.8 Å². The summed E-state index contributed by atoms with van der Waals surface area (Å²) in [5.41, 5.74) is 6.74. The Kier molecular flexibility index (Phi) is 12.2. The van der Waals surface area contributed by atoms with Gasteiger partial charge >= 0.3 is 0 Å². The maximum Gasteiger partial charge on any atom is 0.217 e. The highest BCUT2D eigenvalue weighted by atomic mass is 127. The van der Waals surface area contributed by atoms with E-state index in [1.165, 1.54) is 12.1 Å². The van der Waals surface area contributed by atoms with Crippen molar-refractivity contribution in [1.29, 1.82) is 0 Å². The van der Waals surface area contributed by atoms with Crippen LogP contribution in [0.4, 0.5) is 5.69 Å².